The maximum absolute atomic E-state index is 13.2. The monoisotopic (exact) mass is 413 g/mol. The molecule has 0 unspecified atom stereocenters. The molecular weight excluding hydrogens is 399 g/mol. The largest absolute Gasteiger partial charge is 0.496 e. The molecule has 0 atom stereocenters. The molecule has 0 bridgehead atoms. The Morgan fingerprint density at radius 3 is 2.53 bits per heavy atom. The predicted octanol–water partition coefficient (Wildman–Crippen LogP) is 5.17. The number of anilines is 1. The second-order valence-electron chi connectivity index (χ2n) is 6.29. The van der Waals surface area contributed by atoms with Gasteiger partial charge in [-0.05, 0) is 54.6 Å². The summed E-state index contributed by atoms with van der Waals surface area (Å²) < 4.78 is 49.8. The lowest BCUT2D eigenvalue weighted by Gasteiger charge is -2.13. The summed E-state index contributed by atoms with van der Waals surface area (Å²) in [5.74, 6) is -0.662. The molecule has 0 saturated heterocycles. The first-order chi connectivity index (χ1) is 14.3. The lowest BCUT2D eigenvalue weighted by Crippen LogP contribution is -2.14. The molecule has 2 aromatic carbocycles. The van der Waals surface area contributed by atoms with Crippen molar-refractivity contribution in [3.8, 4) is 17.2 Å². The van der Waals surface area contributed by atoms with Crippen LogP contribution in [0.15, 0.2) is 65.2 Å². The average molecular weight is 413 g/mol. The Hall–Kier alpha value is -3.88. The predicted molar refractivity (Wildman–Crippen MR) is 103 cm³/mol. The normalized spacial score (nSPS) is 11.5. The lowest BCUT2D eigenvalue weighted by atomic mass is 10.1. The van der Waals surface area contributed by atoms with Gasteiger partial charge in [0.2, 0.25) is 5.89 Å². The molecule has 1 N–H and O–H groups in total. The fourth-order valence-corrected chi connectivity index (χ4v) is 2.86. The molecule has 4 rings (SSSR count). The Kier molecular flexibility index (Phi) is 4.86. The van der Waals surface area contributed by atoms with Gasteiger partial charge in [0.05, 0.1) is 12.7 Å². The number of hydrogen-bond acceptors (Lipinski definition) is 5. The summed E-state index contributed by atoms with van der Waals surface area (Å²) in [6, 6.07) is 13.2. The second-order valence-corrected chi connectivity index (χ2v) is 6.29. The van der Waals surface area contributed by atoms with E-state index in [0.717, 1.165) is 19.2 Å². The third-order valence-electron chi connectivity index (χ3n) is 4.32. The van der Waals surface area contributed by atoms with Crippen LogP contribution in [0.25, 0.3) is 22.7 Å². The number of aromatic nitrogens is 2. The molecule has 0 spiro atoms. The summed E-state index contributed by atoms with van der Waals surface area (Å²) in [6.07, 6.45) is -3.03. The van der Waals surface area contributed by atoms with Crippen LogP contribution in [-0.4, -0.2) is 23.0 Å². The molecule has 0 aliphatic carbocycles. The van der Waals surface area contributed by atoms with Crippen molar-refractivity contribution in [2.45, 2.75) is 6.18 Å². The zero-order chi connectivity index (χ0) is 21.3. The van der Waals surface area contributed by atoms with E-state index in [1.165, 1.54) is 6.07 Å². The van der Waals surface area contributed by atoms with Crippen molar-refractivity contribution >= 4 is 22.8 Å². The number of halogens is 3. The van der Waals surface area contributed by atoms with Gasteiger partial charge in [0.25, 0.3) is 5.91 Å². The molecule has 0 radical (unpaired) electrons. The molecule has 0 aliphatic rings. The molecule has 152 valence electrons. The minimum atomic E-state index is -4.64. The molecule has 1 amide bonds. The highest BCUT2D eigenvalue weighted by Crippen LogP contribution is 2.36. The third-order valence-corrected chi connectivity index (χ3v) is 4.32. The quantitative estimate of drug-likeness (QED) is 0.500. The van der Waals surface area contributed by atoms with Crippen LogP contribution >= 0.6 is 0 Å². The van der Waals surface area contributed by atoms with E-state index in [1.807, 2.05) is 0 Å². The zero-order valence-corrected chi connectivity index (χ0v) is 15.5. The number of benzene rings is 2. The van der Waals surface area contributed by atoms with Gasteiger partial charge >= 0.3 is 6.18 Å². The zero-order valence-electron chi connectivity index (χ0n) is 15.5. The van der Waals surface area contributed by atoms with E-state index in [1.54, 1.807) is 42.6 Å². The van der Waals surface area contributed by atoms with Crippen molar-refractivity contribution in [1.82, 2.24) is 9.97 Å². The SMILES string of the molecule is COc1ccc(C(=O)Nc2ccc(-c3nc4ncccc4o3)cc2)cc1C(F)(F)F. The summed E-state index contributed by atoms with van der Waals surface area (Å²) in [6.45, 7) is 0. The lowest BCUT2D eigenvalue weighted by molar-refractivity contribution is -0.138. The summed E-state index contributed by atoms with van der Waals surface area (Å²) in [5.41, 5.74) is 0.932. The van der Waals surface area contributed by atoms with Crippen LogP contribution in [0.1, 0.15) is 15.9 Å². The highest BCUT2D eigenvalue weighted by atomic mass is 19.4. The number of ether oxygens (including phenoxy) is 1. The van der Waals surface area contributed by atoms with Crippen molar-refractivity contribution in [3.63, 3.8) is 0 Å². The van der Waals surface area contributed by atoms with Crippen LogP contribution in [0.3, 0.4) is 0 Å². The first-order valence-corrected chi connectivity index (χ1v) is 8.74. The van der Waals surface area contributed by atoms with Gasteiger partial charge in [0.15, 0.2) is 11.2 Å². The van der Waals surface area contributed by atoms with Crippen LogP contribution in [0, 0.1) is 0 Å². The standard InChI is InChI=1S/C21H14F3N3O3/c1-29-16-9-6-13(11-15(16)21(22,23)24)19(28)26-14-7-4-12(5-8-14)20-27-18-17(30-20)3-2-10-25-18/h2-11H,1H3,(H,26,28). The number of amides is 1. The van der Waals surface area contributed by atoms with Gasteiger partial charge in [0, 0.05) is 23.0 Å². The van der Waals surface area contributed by atoms with E-state index >= 15 is 0 Å². The topological polar surface area (TPSA) is 77.2 Å². The number of carbonyl (C=O) groups is 1. The summed E-state index contributed by atoms with van der Waals surface area (Å²) >= 11 is 0. The first kappa shape index (κ1) is 19.4. The van der Waals surface area contributed by atoms with Crippen LogP contribution in [-0.2, 0) is 6.18 Å². The number of oxazole rings is 1. The maximum atomic E-state index is 13.2. The van der Waals surface area contributed by atoms with E-state index in [0.29, 0.717) is 28.4 Å². The number of pyridine rings is 1. The van der Waals surface area contributed by atoms with E-state index in [4.69, 9.17) is 9.15 Å². The molecule has 9 heteroatoms. The smallest absolute Gasteiger partial charge is 0.419 e. The van der Waals surface area contributed by atoms with Crippen LogP contribution in [0.4, 0.5) is 18.9 Å². The van der Waals surface area contributed by atoms with Crippen molar-refractivity contribution in [3.05, 3.63) is 71.9 Å². The minimum Gasteiger partial charge on any atom is -0.496 e. The Morgan fingerprint density at radius 2 is 1.87 bits per heavy atom. The highest BCUT2D eigenvalue weighted by molar-refractivity contribution is 6.04. The summed E-state index contributed by atoms with van der Waals surface area (Å²) in [4.78, 5) is 20.8. The van der Waals surface area contributed by atoms with Gasteiger partial charge in [-0.25, -0.2) is 4.98 Å². The molecule has 2 heterocycles. The number of rotatable bonds is 4. The molecular formula is C21H14F3N3O3. The fraction of sp³-hybridized carbons (Fsp3) is 0.0952. The molecule has 0 fully saturated rings. The fourth-order valence-electron chi connectivity index (χ4n) is 2.86. The second kappa shape index (κ2) is 7.51. The van der Waals surface area contributed by atoms with Crippen molar-refractivity contribution in [2.24, 2.45) is 0 Å². The Morgan fingerprint density at radius 1 is 1.10 bits per heavy atom. The van der Waals surface area contributed by atoms with Gasteiger partial charge in [-0.3, -0.25) is 4.79 Å². The van der Waals surface area contributed by atoms with Crippen LogP contribution in [0.5, 0.6) is 5.75 Å². The number of nitrogens with one attached hydrogen (secondary N) is 1. The van der Waals surface area contributed by atoms with Crippen molar-refractivity contribution < 1.29 is 27.1 Å². The Bertz CT molecular complexity index is 1180. The number of carbonyl (C=O) groups excluding carboxylic acids is 1. The van der Waals surface area contributed by atoms with Crippen LogP contribution in [0.2, 0.25) is 0 Å². The number of hydrogen-bond donors (Lipinski definition) is 1. The number of nitrogens with zero attached hydrogens (tertiary/aromatic N) is 2. The van der Waals surface area contributed by atoms with Gasteiger partial charge in [0.1, 0.15) is 5.75 Å². The van der Waals surface area contributed by atoms with Gasteiger partial charge in [-0.2, -0.15) is 18.2 Å². The van der Waals surface area contributed by atoms with E-state index in [9.17, 15) is 18.0 Å². The molecule has 0 saturated carbocycles. The van der Waals surface area contributed by atoms with E-state index in [-0.39, 0.29) is 11.3 Å². The molecule has 4 aromatic rings. The summed E-state index contributed by atoms with van der Waals surface area (Å²) in [5, 5.41) is 2.57. The Balaban J connectivity index is 1.54. The number of fused-ring (bicyclic) bond motifs is 1. The molecule has 0 aliphatic heterocycles. The van der Waals surface area contributed by atoms with Crippen molar-refractivity contribution in [1.29, 1.82) is 0 Å². The van der Waals surface area contributed by atoms with Gasteiger partial charge in [-0.15, -0.1) is 0 Å². The molecule has 30 heavy (non-hydrogen) atoms. The maximum Gasteiger partial charge on any atom is 0.419 e. The van der Waals surface area contributed by atoms with Crippen LogP contribution < -0.4 is 10.1 Å². The highest BCUT2D eigenvalue weighted by Gasteiger charge is 2.35. The Labute approximate surface area is 168 Å². The van der Waals surface area contributed by atoms with E-state index < -0.39 is 17.6 Å². The number of alkyl halides is 3. The number of methoxy groups -OCH3 is 1. The van der Waals surface area contributed by atoms with E-state index in [2.05, 4.69) is 15.3 Å². The average Bonchev–Trinajstić information content (AvgIpc) is 3.17. The first-order valence-electron chi connectivity index (χ1n) is 8.74. The molecule has 2 aromatic heterocycles. The molecule has 6 nitrogen and oxygen atoms in total. The summed E-state index contributed by atoms with van der Waals surface area (Å²) in [7, 11) is 1.14. The minimum absolute atomic E-state index is 0.141. The van der Waals surface area contributed by atoms with Gasteiger partial charge in [-0.1, -0.05) is 0 Å². The van der Waals surface area contributed by atoms with Crippen molar-refractivity contribution in [2.75, 3.05) is 12.4 Å². The van der Waals surface area contributed by atoms with Gasteiger partial charge < -0.3 is 14.5 Å². The third kappa shape index (κ3) is 3.82.